The monoisotopic (exact) mass is 161 g/mol. The molecule has 0 radical (unpaired) electrons. The van der Waals surface area contributed by atoms with Gasteiger partial charge in [-0.2, -0.15) is 11.8 Å². The van der Waals surface area contributed by atoms with Gasteiger partial charge in [0, 0.05) is 17.3 Å². The number of rotatable bonds is 3. The average Bonchev–Trinajstić information content (AvgIpc) is 1.81. The Bertz CT molecular complexity index is 85.7. The molecule has 0 aromatic heterocycles. The third-order valence-corrected chi connectivity index (χ3v) is 2.29. The molecule has 0 aliphatic rings. The number of hydrogen-bond acceptors (Lipinski definition) is 2. The molecule has 0 aliphatic heterocycles. The highest BCUT2D eigenvalue weighted by molar-refractivity contribution is 7.99. The molecule has 0 aromatic rings. The lowest BCUT2D eigenvalue weighted by Crippen LogP contribution is -2.39. The van der Waals surface area contributed by atoms with Crippen LogP contribution in [0.3, 0.4) is 0 Å². The summed E-state index contributed by atoms with van der Waals surface area (Å²) in [6.45, 7) is 9.92. The number of hydrogen-bond donors (Lipinski definition) is 1. The van der Waals surface area contributed by atoms with Gasteiger partial charge in [0.15, 0.2) is 0 Å². The van der Waals surface area contributed by atoms with Gasteiger partial charge in [-0.15, -0.1) is 0 Å². The molecule has 0 fully saturated rings. The summed E-state index contributed by atoms with van der Waals surface area (Å²) < 4.78 is 0. The van der Waals surface area contributed by atoms with E-state index in [1.54, 1.807) is 0 Å². The summed E-state index contributed by atoms with van der Waals surface area (Å²) in [5, 5.41) is 4.17. The van der Waals surface area contributed by atoms with Crippen molar-refractivity contribution in [3.8, 4) is 0 Å². The Morgan fingerprint density at radius 1 is 1.40 bits per heavy atom. The SMILES string of the molecule is CSC(C)CNC(C)(C)C. The molecule has 0 saturated carbocycles. The van der Waals surface area contributed by atoms with E-state index in [0.29, 0.717) is 0 Å². The molecule has 1 unspecified atom stereocenters. The van der Waals surface area contributed by atoms with Gasteiger partial charge >= 0.3 is 0 Å². The molecule has 0 aliphatic carbocycles. The smallest absolute Gasteiger partial charge is 0.0141 e. The highest BCUT2D eigenvalue weighted by Gasteiger charge is 2.09. The van der Waals surface area contributed by atoms with Crippen molar-refractivity contribution in [1.29, 1.82) is 0 Å². The number of nitrogens with one attached hydrogen (secondary N) is 1. The molecule has 0 rings (SSSR count). The molecule has 0 spiro atoms. The fraction of sp³-hybridized carbons (Fsp3) is 1.00. The van der Waals surface area contributed by atoms with Crippen LogP contribution in [-0.2, 0) is 0 Å². The maximum absolute atomic E-state index is 3.45. The molecule has 2 heteroatoms. The van der Waals surface area contributed by atoms with Gasteiger partial charge in [-0.3, -0.25) is 0 Å². The zero-order valence-electron chi connectivity index (χ0n) is 7.69. The van der Waals surface area contributed by atoms with Gasteiger partial charge in [-0.1, -0.05) is 6.92 Å². The first-order valence-corrected chi connectivity index (χ1v) is 5.02. The van der Waals surface area contributed by atoms with Crippen molar-refractivity contribution in [3.63, 3.8) is 0 Å². The van der Waals surface area contributed by atoms with Crippen LogP contribution in [0, 0.1) is 0 Å². The fourth-order valence-electron chi connectivity index (χ4n) is 0.533. The Balaban J connectivity index is 3.36. The largest absolute Gasteiger partial charge is 0.311 e. The van der Waals surface area contributed by atoms with E-state index in [1.807, 2.05) is 11.8 Å². The Hall–Kier alpha value is 0.310. The third kappa shape index (κ3) is 6.43. The molecule has 0 amide bonds. The Labute approximate surface area is 69.0 Å². The van der Waals surface area contributed by atoms with Crippen LogP contribution in [0.5, 0.6) is 0 Å². The minimum Gasteiger partial charge on any atom is -0.311 e. The number of thioether (sulfide) groups is 1. The summed E-state index contributed by atoms with van der Waals surface area (Å²) in [5.41, 5.74) is 0.268. The van der Waals surface area contributed by atoms with Crippen LogP contribution >= 0.6 is 11.8 Å². The molecule has 10 heavy (non-hydrogen) atoms. The normalized spacial score (nSPS) is 15.3. The Kier molecular flexibility index (Phi) is 4.37. The van der Waals surface area contributed by atoms with Crippen LogP contribution in [0.4, 0.5) is 0 Å². The molecule has 0 saturated heterocycles. The summed E-state index contributed by atoms with van der Waals surface area (Å²) in [4.78, 5) is 0. The van der Waals surface area contributed by atoms with Crippen molar-refractivity contribution in [1.82, 2.24) is 5.32 Å². The first kappa shape index (κ1) is 10.3. The summed E-state index contributed by atoms with van der Waals surface area (Å²) in [6.07, 6.45) is 2.15. The van der Waals surface area contributed by atoms with E-state index < -0.39 is 0 Å². The maximum atomic E-state index is 3.45. The predicted octanol–water partition coefficient (Wildman–Crippen LogP) is 2.13. The molecule has 62 valence electrons. The summed E-state index contributed by atoms with van der Waals surface area (Å²) in [6, 6.07) is 0. The van der Waals surface area contributed by atoms with Gasteiger partial charge in [0.05, 0.1) is 0 Å². The van der Waals surface area contributed by atoms with Gasteiger partial charge in [0.25, 0.3) is 0 Å². The Morgan fingerprint density at radius 3 is 2.20 bits per heavy atom. The molecule has 1 N–H and O–H groups in total. The van der Waals surface area contributed by atoms with Crippen LogP contribution in [-0.4, -0.2) is 23.6 Å². The molecule has 0 heterocycles. The minimum atomic E-state index is 0.268. The van der Waals surface area contributed by atoms with Crippen LogP contribution < -0.4 is 5.32 Å². The van der Waals surface area contributed by atoms with Crippen molar-refractivity contribution in [3.05, 3.63) is 0 Å². The van der Waals surface area contributed by atoms with E-state index in [2.05, 4.69) is 39.3 Å². The highest BCUT2D eigenvalue weighted by Crippen LogP contribution is 2.05. The predicted molar refractivity (Wildman–Crippen MR) is 50.7 cm³/mol. The quantitative estimate of drug-likeness (QED) is 0.680. The fourth-order valence-corrected chi connectivity index (χ4v) is 0.783. The second kappa shape index (κ2) is 4.24. The molecular weight excluding hydrogens is 142 g/mol. The summed E-state index contributed by atoms with van der Waals surface area (Å²) in [5.74, 6) is 0. The van der Waals surface area contributed by atoms with Crippen LogP contribution in [0.15, 0.2) is 0 Å². The molecule has 0 aromatic carbocycles. The van der Waals surface area contributed by atoms with E-state index in [1.165, 1.54) is 0 Å². The van der Waals surface area contributed by atoms with E-state index in [-0.39, 0.29) is 5.54 Å². The highest BCUT2D eigenvalue weighted by atomic mass is 32.2. The Morgan fingerprint density at radius 2 is 1.90 bits per heavy atom. The summed E-state index contributed by atoms with van der Waals surface area (Å²) in [7, 11) is 0. The zero-order valence-corrected chi connectivity index (χ0v) is 8.51. The van der Waals surface area contributed by atoms with Crippen LogP contribution in [0.2, 0.25) is 0 Å². The standard InChI is InChI=1S/C8H19NS/c1-7(10-5)6-9-8(2,3)4/h7,9H,6H2,1-5H3. The van der Waals surface area contributed by atoms with E-state index >= 15 is 0 Å². The molecular formula is C8H19NS. The van der Waals surface area contributed by atoms with Crippen molar-refractivity contribution in [2.45, 2.75) is 38.5 Å². The molecule has 1 nitrogen and oxygen atoms in total. The first-order chi connectivity index (χ1) is 4.45. The van der Waals surface area contributed by atoms with Crippen LogP contribution in [0.25, 0.3) is 0 Å². The second-order valence-corrected chi connectivity index (χ2v) is 4.95. The van der Waals surface area contributed by atoms with Crippen molar-refractivity contribution >= 4 is 11.8 Å². The van der Waals surface area contributed by atoms with Gasteiger partial charge in [0.2, 0.25) is 0 Å². The van der Waals surface area contributed by atoms with E-state index in [9.17, 15) is 0 Å². The van der Waals surface area contributed by atoms with Gasteiger partial charge in [-0.05, 0) is 27.0 Å². The van der Waals surface area contributed by atoms with Gasteiger partial charge in [-0.25, -0.2) is 0 Å². The summed E-state index contributed by atoms with van der Waals surface area (Å²) >= 11 is 1.90. The minimum absolute atomic E-state index is 0.268. The average molecular weight is 161 g/mol. The topological polar surface area (TPSA) is 12.0 Å². The van der Waals surface area contributed by atoms with Crippen molar-refractivity contribution in [2.75, 3.05) is 12.8 Å². The third-order valence-electron chi connectivity index (χ3n) is 1.32. The van der Waals surface area contributed by atoms with E-state index in [0.717, 1.165) is 11.8 Å². The molecule has 0 bridgehead atoms. The van der Waals surface area contributed by atoms with Crippen molar-refractivity contribution in [2.24, 2.45) is 0 Å². The van der Waals surface area contributed by atoms with Crippen LogP contribution in [0.1, 0.15) is 27.7 Å². The van der Waals surface area contributed by atoms with Crippen molar-refractivity contribution < 1.29 is 0 Å². The second-order valence-electron chi connectivity index (χ2n) is 3.68. The van der Waals surface area contributed by atoms with Gasteiger partial charge in [0.1, 0.15) is 0 Å². The van der Waals surface area contributed by atoms with E-state index in [4.69, 9.17) is 0 Å². The van der Waals surface area contributed by atoms with Gasteiger partial charge < -0.3 is 5.32 Å². The lowest BCUT2D eigenvalue weighted by Gasteiger charge is -2.22. The molecule has 1 atom stereocenters. The lowest BCUT2D eigenvalue weighted by molar-refractivity contribution is 0.429. The maximum Gasteiger partial charge on any atom is 0.0141 e. The lowest BCUT2D eigenvalue weighted by atomic mass is 10.1. The first-order valence-electron chi connectivity index (χ1n) is 3.73. The zero-order chi connectivity index (χ0) is 8.20.